The van der Waals surface area contributed by atoms with Crippen molar-refractivity contribution in [3.05, 3.63) is 75.8 Å². The van der Waals surface area contributed by atoms with Crippen molar-refractivity contribution in [2.24, 2.45) is 0 Å². The first-order valence-electron chi connectivity index (χ1n) is 8.38. The number of amides is 1. The van der Waals surface area contributed by atoms with Gasteiger partial charge in [0.05, 0.1) is 18.8 Å². The second-order valence-corrected chi connectivity index (χ2v) is 6.77. The lowest BCUT2D eigenvalue weighted by Gasteiger charge is -2.24. The molecule has 0 spiro atoms. The van der Waals surface area contributed by atoms with Crippen LogP contribution in [0, 0.1) is 12.7 Å². The Balaban J connectivity index is 1.53. The van der Waals surface area contributed by atoms with Crippen LogP contribution in [-0.4, -0.2) is 20.9 Å². The fourth-order valence-electron chi connectivity index (χ4n) is 2.98. The molecule has 1 aromatic heterocycles. The van der Waals surface area contributed by atoms with Crippen LogP contribution in [0.2, 0.25) is 5.02 Å². The second-order valence-electron chi connectivity index (χ2n) is 6.33. The summed E-state index contributed by atoms with van der Waals surface area (Å²) in [7, 11) is 0. The molecular formula is C19H16ClFN4O2. The van der Waals surface area contributed by atoms with E-state index in [0.717, 1.165) is 11.1 Å². The Kier molecular flexibility index (Phi) is 4.63. The summed E-state index contributed by atoms with van der Waals surface area (Å²) in [5.74, 6) is -0.670. The third-order valence-electron chi connectivity index (χ3n) is 4.50. The monoisotopic (exact) mass is 386 g/mol. The third-order valence-corrected chi connectivity index (χ3v) is 4.74. The van der Waals surface area contributed by atoms with E-state index in [9.17, 15) is 9.18 Å². The van der Waals surface area contributed by atoms with E-state index < -0.39 is 0 Å². The topological polar surface area (TPSA) is 69.0 Å². The highest BCUT2D eigenvalue weighted by Gasteiger charge is 2.28. The maximum atomic E-state index is 13.1. The smallest absolute Gasteiger partial charge is 0.278 e. The number of hydrogen-bond donors (Lipinski definition) is 1. The molecule has 0 unspecified atom stereocenters. The van der Waals surface area contributed by atoms with Crippen molar-refractivity contribution >= 4 is 23.2 Å². The highest BCUT2D eigenvalue weighted by molar-refractivity contribution is 6.31. The molecule has 2 heterocycles. The Hall–Kier alpha value is -2.77. The first-order valence-corrected chi connectivity index (χ1v) is 8.76. The van der Waals surface area contributed by atoms with Gasteiger partial charge in [-0.1, -0.05) is 35.0 Å². The van der Waals surface area contributed by atoms with Crippen LogP contribution in [0.3, 0.4) is 0 Å². The summed E-state index contributed by atoms with van der Waals surface area (Å²) in [4.78, 5) is 12.6. The summed E-state index contributed by atoms with van der Waals surface area (Å²) in [6.07, 6.45) is -0.272. The van der Waals surface area contributed by atoms with Gasteiger partial charge in [-0.15, -0.1) is 5.10 Å². The maximum Gasteiger partial charge on any atom is 0.278 e. The van der Waals surface area contributed by atoms with E-state index in [0.29, 0.717) is 22.9 Å². The quantitative estimate of drug-likeness (QED) is 0.741. The molecule has 27 heavy (non-hydrogen) atoms. The van der Waals surface area contributed by atoms with Crippen LogP contribution in [0.4, 0.5) is 10.1 Å². The third kappa shape index (κ3) is 3.56. The van der Waals surface area contributed by atoms with E-state index >= 15 is 0 Å². The molecule has 0 fully saturated rings. The zero-order valence-electron chi connectivity index (χ0n) is 14.4. The number of rotatable bonds is 3. The number of anilines is 1. The summed E-state index contributed by atoms with van der Waals surface area (Å²) in [5, 5.41) is 11.4. The molecular weight excluding hydrogens is 371 g/mol. The lowest BCUT2D eigenvalue weighted by molar-refractivity contribution is -0.00174. The first kappa shape index (κ1) is 17.6. The minimum atomic E-state index is -0.370. The Morgan fingerprint density at radius 1 is 1.30 bits per heavy atom. The molecule has 0 radical (unpaired) electrons. The molecule has 0 bridgehead atoms. The number of halogens is 2. The van der Waals surface area contributed by atoms with E-state index in [2.05, 4.69) is 15.6 Å². The van der Waals surface area contributed by atoms with Crippen LogP contribution in [0.5, 0.6) is 0 Å². The summed E-state index contributed by atoms with van der Waals surface area (Å²) < 4.78 is 20.6. The minimum absolute atomic E-state index is 0.187. The zero-order valence-corrected chi connectivity index (χ0v) is 15.2. The molecule has 3 aromatic rings. The van der Waals surface area contributed by atoms with Crippen molar-refractivity contribution in [1.82, 2.24) is 15.0 Å². The van der Waals surface area contributed by atoms with Crippen molar-refractivity contribution in [3.63, 3.8) is 0 Å². The van der Waals surface area contributed by atoms with Crippen molar-refractivity contribution in [2.45, 2.75) is 26.2 Å². The number of benzene rings is 2. The van der Waals surface area contributed by atoms with Gasteiger partial charge in [-0.3, -0.25) is 4.79 Å². The number of nitrogens with one attached hydrogen (secondary N) is 1. The maximum absolute atomic E-state index is 13.1. The van der Waals surface area contributed by atoms with Crippen LogP contribution in [-0.2, 0) is 17.9 Å². The van der Waals surface area contributed by atoms with Crippen molar-refractivity contribution in [3.8, 4) is 0 Å². The molecule has 4 rings (SSSR count). The largest absolute Gasteiger partial charge is 0.365 e. The van der Waals surface area contributed by atoms with Gasteiger partial charge in [0.15, 0.2) is 5.69 Å². The number of aryl methyl sites for hydroxylation is 1. The number of nitrogens with zero attached hydrogens (tertiary/aromatic N) is 3. The minimum Gasteiger partial charge on any atom is -0.365 e. The lowest BCUT2D eigenvalue weighted by atomic mass is 10.1. The van der Waals surface area contributed by atoms with Crippen LogP contribution >= 0.6 is 11.6 Å². The van der Waals surface area contributed by atoms with Gasteiger partial charge in [0.2, 0.25) is 0 Å². The molecule has 1 aliphatic rings. The molecule has 8 heteroatoms. The van der Waals surface area contributed by atoms with Crippen molar-refractivity contribution in [2.75, 3.05) is 5.32 Å². The van der Waals surface area contributed by atoms with E-state index in [1.807, 2.05) is 13.0 Å². The van der Waals surface area contributed by atoms with Gasteiger partial charge in [-0.25, -0.2) is 9.07 Å². The number of aromatic nitrogens is 3. The van der Waals surface area contributed by atoms with Gasteiger partial charge in [0, 0.05) is 10.7 Å². The fraction of sp³-hybridized carbons (Fsp3) is 0.211. The van der Waals surface area contributed by atoms with Crippen LogP contribution in [0.25, 0.3) is 0 Å². The lowest BCUT2D eigenvalue weighted by Crippen LogP contribution is -2.24. The standard InChI is InChI=1S/C19H16ClFN4O2/c1-11-2-5-13(20)8-15(11)22-19(26)18-16-10-27-17(9-25(16)24-23-18)12-3-6-14(21)7-4-12/h2-8,17H,9-10H2,1H3,(H,22,26)/t17-/m0/s1. The van der Waals surface area contributed by atoms with Crippen LogP contribution in [0.1, 0.15) is 33.4 Å². The summed E-state index contributed by atoms with van der Waals surface area (Å²) in [6, 6.07) is 11.4. The van der Waals surface area contributed by atoms with E-state index in [1.54, 1.807) is 28.9 Å². The highest BCUT2D eigenvalue weighted by atomic mass is 35.5. The molecule has 1 amide bonds. The molecule has 2 aromatic carbocycles. The van der Waals surface area contributed by atoms with E-state index in [1.165, 1.54) is 12.1 Å². The zero-order chi connectivity index (χ0) is 19.0. The molecule has 0 saturated carbocycles. The highest BCUT2D eigenvalue weighted by Crippen LogP contribution is 2.28. The van der Waals surface area contributed by atoms with Gasteiger partial charge in [0.1, 0.15) is 11.9 Å². The number of hydrogen-bond acceptors (Lipinski definition) is 4. The number of carbonyl (C=O) groups excluding carboxylic acids is 1. The van der Waals surface area contributed by atoms with Gasteiger partial charge in [-0.2, -0.15) is 0 Å². The van der Waals surface area contributed by atoms with Gasteiger partial charge in [-0.05, 0) is 42.3 Å². The van der Waals surface area contributed by atoms with E-state index in [4.69, 9.17) is 16.3 Å². The Labute approximate surface area is 159 Å². The molecule has 6 nitrogen and oxygen atoms in total. The van der Waals surface area contributed by atoms with Crippen molar-refractivity contribution < 1.29 is 13.9 Å². The van der Waals surface area contributed by atoms with Crippen LogP contribution < -0.4 is 5.32 Å². The average Bonchev–Trinajstić information content (AvgIpc) is 3.08. The number of ether oxygens (including phenoxy) is 1. The van der Waals surface area contributed by atoms with Gasteiger partial charge in [0.25, 0.3) is 5.91 Å². The SMILES string of the molecule is Cc1ccc(Cl)cc1NC(=O)c1nnn2c1CO[C@H](c1ccc(F)cc1)C2. The Bertz CT molecular complexity index is 1000. The Morgan fingerprint density at radius 2 is 2.07 bits per heavy atom. The van der Waals surface area contributed by atoms with Gasteiger partial charge < -0.3 is 10.1 Å². The predicted molar refractivity (Wildman–Crippen MR) is 98.1 cm³/mol. The number of carbonyl (C=O) groups is 1. The first-order chi connectivity index (χ1) is 13.0. The Morgan fingerprint density at radius 3 is 2.85 bits per heavy atom. The number of fused-ring (bicyclic) bond motifs is 1. The fourth-order valence-corrected chi connectivity index (χ4v) is 3.15. The molecule has 138 valence electrons. The molecule has 1 atom stereocenters. The summed E-state index contributed by atoms with van der Waals surface area (Å²) in [6.45, 7) is 2.47. The normalized spacial score (nSPS) is 16.0. The molecule has 0 aliphatic carbocycles. The molecule has 0 saturated heterocycles. The summed E-state index contributed by atoms with van der Waals surface area (Å²) in [5.41, 5.74) is 3.17. The van der Waals surface area contributed by atoms with Crippen LogP contribution in [0.15, 0.2) is 42.5 Å². The van der Waals surface area contributed by atoms with Gasteiger partial charge >= 0.3 is 0 Å². The molecule has 1 N–H and O–H groups in total. The second kappa shape index (κ2) is 7.09. The average molecular weight is 387 g/mol. The summed E-state index contributed by atoms with van der Waals surface area (Å²) >= 11 is 6.00. The molecule has 1 aliphatic heterocycles. The van der Waals surface area contributed by atoms with E-state index in [-0.39, 0.29) is 30.1 Å². The van der Waals surface area contributed by atoms with Crippen molar-refractivity contribution in [1.29, 1.82) is 0 Å². The predicted octanol–water partition coefficient (Wildman–Crippen LogP) is 3.90.